The fourth-order valence-electron chi connectivity index (χ4n) is 3.34. The van der Waals surface area contributed by atoms with Gasteiger partial charge in [-0.05, 0) is 37.9 Å². The van der Waals surface area contributed by atoms with E-state index in [1.807, 2.05) is 13.1 Å². The minimum absolute atomic E-state index is 0.314. The Hall–Kier alpha value is -0.630. The smallest absolute Gasteiger partial charge is 0.244 e. The second kappa shape index (κ2) is 8.17. The van der Waals surface area contributed by atoms with Crippen molar-refractivity contribution in [2.24, 2.45) is 5.92 Å². The molecule has 5 nitrogen and oxygen atoms in total. The summed E-state index contributed by atoms with van der Waals surface area (Å²) in [5.41, 5.74) is 0. The number of sulfonamides is 1. The predicted molar refractivity (Wildman–Crippen MR) is 97.8 cm³/mol. The number of aromatic nitrogens is 1. The van der Waals surface area contributed by atoms with Gasteiger partial charge < -0.3 is 4.90 Å². The van der Waals surface area contributed by atoms with Gasteiger partial charge in [-0.15, -0.1) is 11.8 Å². The number of piperazine rings is 1. The molecule has 1 aliphatic carbocycles. The Morgan fingerprint density at radius 2 is 1.83 bits per heavy atom. The first-order chi connectivity index (χ1) is 11.6. The molecular weight excluding hydrogens is 342 g/mol. The lowest BCUT2D eigenvalue weighted by molar-refractivity contribution is 0.222. The van der Waals surface area contributed by atoms with Gasteiger partial charge in [-0.3, -0.25) is 0 Å². The third-order valence-corrected chi connectivity index (χ3v) is 8.06. The minimum atomic E-state index is -3.40. The highest BCUT2D eigenvalue weighted by Crippen LogP contribution is 2.29. The first-order valence-electron chi connectivity index (χ1n) is 8.83. The van der Waals surface area contributed by atoms with Crippen LogP contribution in [0.3, 0.4) is 0 Å². The van der Waals surface area contributed by atoms with Gasteiger partial charge in [-0.2, -0.15) is 4.31 Å². The second-order valence-corrected chi connectivity index (χ2v) is 9.83. The van der Waals surface area contributed by atoms with E-state index in [2.05, 4.69) is 9.88 Å². The van der Waals surface area contributed by atoms with Crippen LogP contribution in [0.2, 0.25) is 0 Å². The number of likely N-dealkylation sites (N-methyl/N-ethyl adjacent to an activating group) is 1. The fourth-order valence-corrected chi connectivity index (χ4v) is 5.74. The maximum Gasteiger partial charge on any atom is 0.244 e. The SMILES string of the molecule is CN1CCN(S(=O)(=O)c2ccc(SCC3CCCCC3)nc2)CC1. The van der Waals surface area contributed by atoms with Crippen molar-refractivity contribution in [1.82, 2.24) is 14.2 Å². The number of rotatable bonds is 5. The molecule has 1 aromatic heterocycles. The van der Waals surface area contributed by atoms with Crippen LogP contribution in [0.5, 0.6) is 0 Å². The Labute approximate surface area is 149 Å². The zero-order valence-electron chi connectivity index (χ0n) is 14.4. The van der Waals surface area contributed by atoms with Crippen molar-refractivity contribution in [2.45, 2.75) is 42.0 Å². The van der Waals surface area contributed by atoms with Gasteiger partial charge in [0.1, 0.15) is 4.90 Å². The topological polar surface area (TPSA) is 53.5 Å². The zero-order chi connectivity index (χ0) is 17.0. The van der Waals surface area contributed by atoms with E-state index in [9.17, 15) is 8.42 Å². The largest absolute Gasteiger partial charge is 0.304 e. The summed E-state index contributed by atoms with van der Waals surface area (Å²) in [6.07, 6.45) is 8.24. The normalized spacial score (nSPS) is 21.9. The molecular formula is C17H27N3O2S2. The molecule has 1 aromatic rings. The van der Waals surface area contributed by atoms with Crippen LogP contribution < -0.4 is 0 Å². The lowest BCUT2D eigenvalue weighted by Crippen LogP contribution is -2.47. The summed E-state index contributed by atoms with van der Waals surface area (Å²) in [6, 6.07) is 3.57. The minimum Gasteiger partial charge on any atom is -0.304 e. The summed E-state index contributed by atoms with van der Waals surface area (Å²) >= 11 is 1.76. The molecule has 0 amide bonds. The van der Waals surface area contributed by atoms with E-state index >= 15 is 0 Å². The van der Waals surface area contributed by atoms with Crippen LogP contribution in [0.4, 0.5) is 0 Å². The Morgan fingerprint density at radius 1 is 1.12 bits per heavy atom. The molecule has 1 aliphatic heterocycles. The van der Waals surface area contributed by atoms with E-state index in [0.717, 1.165) is 29.8 Å². The summed E-state index contributed by atoms with van der Waals surface area (Å²) in [5, 5.41) is 0.929. The zero-order valence-corrected chi connectivity index (χ0v) is 16.0. The highest BCUT2D eigenvalue weighted by Gasteiger charge is 2.27. The number of hydrogen-bond acceptors (Lipinski definition) is 5. The molecule has 0 radical (unpaired) electrons. The maximum atomic E-state index is 12.7. The first-order valence-corrected chi connectivity index (χ1v) is 11.3. The van der Waals surface area contributed by atoms with E-state index in [-0.39, 0.29) is 0 Å². The number of pyridine rings is 1. The van der Waals surface area contributed by atoms with Crippen molar-refractivity contribution in [3.8, 4) is 0 Å². The molecule has 0 atom stereocenters. The molecule has 24 heavy (non-hydrogen) atoms. The van der Waals surface area contributed by atoms with Gasteiger partial charge in [0.05, 0.1) is 5.03 Å². The molecule has 3 rings (SSSR count). The summed E-state index contributed by atoms with van der Waals surface area (Å²) in [4.78, 5) is 6.85. The van der Waals surface area contributed by atoms with E-state index in [4.69, 9.17) is 0 Å². The third-order valence-electron chi connectivity index (χ3n) is 5.00. The van der Waals surface area contributed by atoms with Gasteiger partial charge in [0.2, 0.25) is 10.0 Å². The highest BCUT2D eigenvalue weighted by atomic mass is 32.2. The second-order valence-electron chi connectivity index (χ2n) is 6.85. The van der Waals surface area contributed by atoms with E-state index in [0.29, 0.717) is 18.0 Å². The Morgan fingerprint density at radius 3 is 2.46 bits per heavy atom. The van der Waals surface area contributed by atoms with Crippen molar-refractivity contribution >= 4 is 21.8 Å². The Kier molecular flexibility index (Phi) is 6.18. The maximum absolute atomic E-state index is 12.7. The van der Waals surface area contributed by atoms with Gasteiger partial charge in [-0.25, -0.2) is 13.4 Å². The van der Waals surface area contributed by atoms with Crippen molar-refractivity contribution in [1.29, 1.82) is 0 Å². The third kappa shape index (κ3) is 4.50. The van der Waals surface area contributed by atoms with E-state index in [1.54, 1.807) is 22.1 Å². The predicted octanol–water partition coefficient (Wildman–Crippen LogP) is 2.69. The van der Waals surface area contributed by atoms with Crippen LogP contribution in [0.1, 0.15) is 32.1 Å². The monoisotopic (exact) mass is 369 g/mol. The molecule has 2 fully saturated rings. The quantitative estimate of drug-likeness (QED) is 0.747. The van der Waals surface area contributed by atoms with E-state index in [1.165, 1.54) is 38.3 Å². The molecule has 0 spiro atoms. The molecule has 134 valence electrons. The van der Waals surface area contributed by atoms with E-state index < -0.39 is 10.0 Å². The number of hydrogen-bond donors (Lipinski definition) is 0. The molecule has 7 heteroatoms. The summed E-state index contributed by atoms with van der Waals surface area (Å²) in [6.45, 7) is 2.66. The van der Waals surface area contributed by atoms with Crippen LogP contribution in [-0.4, -0.2) is 61.6 Å². The van der Waals surface area contributed by atoms with Gasteiger partial charge in [0.25, 0.3) is 0 Å². The average molecular weight is 370 g/mol. The lowest BCUT2D eigenvalue weighted by Gasteiger charge is -2.31. The molecule has 2 aliphatic rings. The van der Waals surface area contributed by atoms with Gasteiger partial charge in [-0.1, -0.05) is 19.3 Å². The molecule has 2 heterocycles. The van der Waals surface area contributed by atoms with Crippen molar-refractivity contribution in [3.05, 3.63) is 18.3 Å². The van der Waals surface area contributed by atoms with Crippen LogP contribution in [0.25, 0.3) is 0 Å². The van der Waals surface area contributed by atoms with Crippen molar-refractivity contribution < 1.29 is 8.42 Å². The van der Waals surface area contributed by atoms with Crippen LogP contribution >= 0.6 is 11.8 Å². The first kappa shape index (κ1) is 18.2. The van der Waals surface area contributed by atoms with Crippen LogP contribution in [0, 0.1) is 5.92 Å². The molecule has 1 saturated heterocycles. The summed E-state index contributed by atoms with van der Waals surface area (Å²) in [7, 11) is -1.39. The van der Waals surface area contributed by atoms with Crippen LogP contribution in [-0.2, 0) is 10.0 Å². The average Bonchev–Trinajstić information content (AvgIpc) is 2.61. The standard InChI is InChI=1S/C17H27N3O2S2/c1-19-9-11-20(12-10-19)24(21,22)16-7-8-17(18-13-16)23-14-15-5-3-2-4-6-15/h7-8,13,15H,2-6,9-12,14H2,1H3. The highest BCUT2D eigenvalue weighted by molar-refractivity contribution is 7.99. The van der Waals surface area contributed by atoms with Gasteiger partial charge >= 0.3 is 0 Å². The molecule has 0 unspecified atom stereocenters. The van der Waals surface area contributed by atoms with Gasteiger partial charge in [0.15, 0.2) is 0 Å². The molecule has 1 saturated carbocycles. The lowest BCUT2D eigenvalue weighted by atomic mass is 9.91. The van der Waals surface area contributed by atoms with Crippen molar-refractivity contribution in [3.63, 3.8) is 0 Å². The summed E-state index contributed by atoms with van der Waals surface area (Å²) < 4.78 is 26.9. The summed E-state index contributed by atoms with van der Waals surface area (Å²) in [5.74, 6) is 1.89. The van der Waals surface area contributed by atoms with Crippen molar-refractivity contribution in [2.75, 3.05) is 39.0 Å². The Balaban J connectivity index is 1.59. The molecule has 0 aromatic carbocycles. The number of thioether (sulfide) groups is 1. The molecule has 0 bridgehead atoms. The molecule has 0 N–H and O–H groups in total. The Bertz CT molecular complexity index is 620. The van der Waals surface area contributed by atoms with Crippen LogP contribution in [0.15, 0.2) is 28.3 Å². The fraction of sp³-hybridized carbons (Fsp3) is 0.706. The van der Waals surface area contributed by atoms with Gasteiger partial charge in [0, 0.05) is 38.1 Å². The number of nitrogens with zero attached hydrogens (tertiary/aromatic N) is 3.